The molecule has 1 aromatic rings. The molecule has 0 saturated heterocycles. The van der Waals surface area contributed by atoms with Gasteiger partial charge in [0.1, 0.15) is 0 Å². The van der Waals surface area contributed by atoms with Gasteiger partial charge in [-0.3, -0.25) is 10.1 Å². The zero-order chi connectivity index (χ0) is 16.7. The van der Waals surface area contributed by atoms with E-state index < -0.39 is 4.92 Å². The number of nitro groups is 1. The highest BCUT2D eigenvalue weighted by atomic mass is 32.1. The van der Waals surface area contributed by atoms with Gasteiger partial charge >= 0.3 is 11.0 Å². The van der Waals surface area contributed by atoms with Crippen LogP contribution in [0.3, 0.4) is 0 Å². The maximum Gasteiger partial charge on any atom is 0.335 e. The molecule has 4 bridgehead atoms. The molecule has 128 valence electrons. The van der Waals surface area contributed by atoms with Crippen LogP contribution >= 0.6 is 11.3 Å². The SMILES string of the molecule is O=C(N/N=C\c1csc([N+](=O)[O-])c1)NC12CC3CC(CC(C3)C1)C2. The number of amides is 2. The lowest BCUT2D eigenvalue weighted by Crippen LogP contribution is -2.61. The van der Waals surface area contributed by atoms with Crippen LogP contribution in [0.2, 0.25) is 0 Å². The first-order valence-corrected chi connectivity index (χ1v) is 9.23. The van der Waals surface area contributed by atoms with E-state index in [-0.39, 0.29) is 16.6 Å². The molecule has 0 aromatic carbocycles. The number of thiophene rings is 1. The van der Waals surface area contributed by atoms with E-state index in [0.29, 0.717) is 5.56 Å². The average molecular weight is 348 g/mol. The van der Waals surface area contributed by atoms with Gasteiger partial charge in [0, 0.05) is 22.5 Å². The molecule has 0 aliphatic heterocycles. The molecule has 4 aliphatic rings. The lowest BCUT2D eigenvalue weighted by Gasteiger charge is -2.56. The van der Waals surface area contributed by atoms with Gasteiger partial charge in [0.15, 0.2) is 0 Å². The Bertz CT molecular complexity index is 664. The quantitative estimate of drug-likeness (QED) is 0.496. The Morgan fingerprint density at radius 2 is 1.92 bits per heavy atom. The fraction of sp³-hybridized carbons (Fsp3) is 0.625. The molecule has 4 saturated carbocycles. The number of nitrogens with zero attached hydrogens (tertiary/aromatic N) is 2. The van der Waals surface area contributed by atoms with Crippen LogP contribution in [0.25, 0.3) is 0 Å². The number of carbonyl (C=O) groups is 1. The highest BCUT2D eigenvalue weighted by Gasteiger charge is 2.51. The van der Waals surface area contributed by atoms with Gasteiger partial charge in [-0.15, -0.1) is 0 Å². The lowest BCUT2D eigenvalue weighted by molar-refractivity contribution is -0.380. The molecule has 0 atom stereocenters. The molecular formula is C16H20N4O3S. The van der Waals surface area contributed by atoms with Gasteiger partial charge in [-0.25, -0.2) is 10.2 Å². The first-order chi connectivity index (χ1) is 11.5. The summed E-state index contributed by atoms with van der Waals surface area (Å²) in [6.07, 6.45) is 8.70. The fourth-order valence-electron chi connectivity index (χ4n) is 5.20. The molecule has 1 heterocycles. The zero-order valence-corrected chi connectivity index (χ0v) is 14.1. The monoisotopic (exact) mass is 348 g/mol. The van der Waals surface area contributed by atoms with Gasteiger partial charge < -0.3 is 5.32 Å². The third-order valence-electron chi connectivity index (χ3n) is 5.58. The number of hydrogen-bond donors (Lipinski definition) is 2. The summed E-state index contributed by atoms with van der Waals surface area (Å²) in [5.74, 6) is 2.31. The van der Waals surface area contributed by atoms with Crippen molar-refractivity contribution in [2.24, 2.45) is 22.9 Å². The number of rotatable bonds is 4. The molecule has 7 nitrogen and oxygen atoms in total. The molecule has 2 amide bonds. The lowest BCUT2D eigenvalue weighted by atomic mass is 9.53. The van der Waals surface area contributed by atoms with Crippen LogP contribution in [-0.4, -0.2) is 22.7 Å². The van der Waals surface area contributed by atoms with Crippen LogP contribution in [0.15, 0.2) is 16.5 Å². The molecule has 0 radical (unpaired) electrons. The van der Waals surface area contributed by atoms with Gasteiger partial charge in [-0.1, -0.05) is 11.3 Å². The van der Waals surface area contributed by atoms with Crippen molar-refractivity contribution in [3.63, 3.8) is 0 Å². The van der Waals surface area contributed by atoms with Crippen LogP contribution < -0.4 is 10.7 Å². The molecule has 24 heavy (non-hydrogen) atoms. The van der Waals surface area contributed by atoms with Crippen molar-refractivity contribution in [1.29, 1.82) is 0 Å². The number of urea groups is 1. The summed E-state index contributed by atoms with van der Waals surface area (Å²) < 4.78 is 0. The summed E-state index contributed by atoms with van der Waals surface area (Å²) in [5.41, 5.74) is 3.07. The van der Waals surface area contributed by atoms with Gasteiger partial charge in [0.2, 0.25) is 0 Å². The second-order valence-corrected chi connectivity index (χ2v) is 8.39. The Morgan fingerprint density at radius 1 is 1.29 bits per heavy atom. The second-order valence-electron chi connectivity index (χ2n) is 7.50. The van der Waals surface area contributed by atoms with Crippen LogP contribution in [0.4, 0.5) is 9.80 Å². The molecule has 0 spiro atoms. The third-order valence-corrected chi connectivity index (χ3v) is 6.48. The van der Waals surface area contributed by atoms with Crippen molar-refractivity contribution in [1.82, 2.24) is 10.7 Å². The molecule has 1 aromatic heterocycles. The summed E-state index contributed by atoms with van der Waals surface area (Å²) in [5, 5.41) is 19.4. The van der Waals surface area contributed by atoms with Crippen molar-refractivity contribution in [3.8, 4) is 0 Å². The third kappa shape index (κ3) is 3.02. The average Bonchev–Trinajstić information content (AvgIpc) is 2.94. The van der Waals surface area contributed by atoms with Crippen LogP contribution in [0.5, 0.6) is 0 Å². The van der Waals surface area contributed by atoms with Crippen LogP contribution in [0.1, 0.15) is 44.1 Å². The largest absolute Gasteiger partial charge is 0.335 e. The minimum absolute atomic E-state index is 0.0461. The minimum atomic E-state index is -0.435. The second kappa shape index (κ2) is 5.84. The summed E-state index contributed by atoms with van der Waals surface area (Å²) >= 11 is 1.04. The highest BCUT2D eigenvalue weighted by Crippen LogP contribution is 2.55. The Labute approximate surface area is 143 Å². The van der Waals surface area contributed by atoms with E-state index >= 15 is 0 Å². The van der Waals surface area contributed by atoms with E-state index in [1.807, 2.05) is 0 Å². The fourth-order valence-corrected chi connectivity index (χ4v) is 5.88. The van der Waals surface area contributed by atoms with E-state index in [9.17, 15) is 14.9 Å². The van der Waals surface area contributed by atoms with E-state index in [2.05, 4.69) is 15.8 Å². The molecular weight excluding hydrogens is 328 g/mol. The van der Waals surface area contributed by atoms with Crippen LogP contribution in [0, 0.1) is 27.9 Å². The summed E-state index contributed by atoms with van der Waals surface area (Å²) in [6, 6.07) is 1.16. The van der Waals surface area contributed by atoms with Gasteiger partial charge in [0.05, 0.1) is 11.1 Å². The van der Waals surface area contributed by atoms with Crippen molar-refractivity contribution in [2.75, 3.05) is 0 Å². The molecule has 8 heteroatoms. The van der Waals surface area contributed by atoms with Crippen molar-refractivity contribution in [2.45, 2.75) is 44.1 Å². The minimum Gasteiger partial charge on any atom is -0.331 e. The normalized spacial score (nSPS) is 33.8. The summed E-state index contributed by atoms with van der Waals surface area (Å²) in [6.45, 7) is 0. The van der Waals surface area contributed by atoms with E-state index in [1.54, 1.807) is 5.38 Å². The Hall–Kier alpha value is -1.96. The predicted molar refractivity (Wildman–Crippen MR) is 91.1 cm³/mol. The van der Waals surface area contributed by atoms with Gasteiger partial charge in [-0.05, 0) is 56.3 Å². The first kappa shape index (κ1) is 15.6. The molecule has 5 rings (SSSR count). The molecule has 0 unspecified atom stereocenters. The topological polar surface area (TPSA) is 96.6 Å². The van der Waals surface area contributed by atoms with Gasteiger partial charge in [0.25, 0.3) is 0 Å². The Balaban J connectivity index is 1.33. The maximum absolute atomic E-state index is 12.2. The Kier molecular flexibility index (Phi) is 3.79. The standard InChI is InChI=1S/C16H20N4O3S/c21-15(19-17-8-13-4-14(20(22)23)24-9-13)18-16-5-10-1-11(6-16)3-12(2-10)7-16/h4,8-12H,1-3,5-7H2,(H2,18,19,21)/b17-8-. The highest BCUT2D eigenvalue weighted by molar-refractivity contribution is 7.13. The smallest absolute Gasteiger partial charge is 0.331 e. The van der Waals surface area contributed by atoms with E-state index in [0.717, 1.165) is 48.4 Å². The molecule has 4 aliphatic carbocycles. The number of carbonyl (C=O) groups excluding carboxylic acids is 1. The molecule has 2 N–H and O–H groups in total. The number of nitrogens with one attached hydrogen (secondary N) is 2. The zero-order valence-electron chi connectivity index (χ0n) is 13.2. The van der Waals surface area contributed by atoms with Crippen molar-refractivity contribution >= 4 is 28.6 Å². The van der Waals surface area contributed by atoms with E-state index in [1.165, 1.54) is 31.5 Å². The van der Waals surface area contributed by atoms with Crippen LogP contribution in [-0.2, 0) is 0 Å². The number of hydrazone groups is 1. The summed E-state index contributed by atoms with van der Waals surface area (Å²) in [4.78, 5) is 22.4. The summed E-state index contributed by atoms with van der Waals surface area (Å²) in [7, 11) is 0. The maximum atomic E-state index is 12.2. The Morgan fingerprint density at radius 3 is 2.46 bits per heavy atom. The first-order valence-electron chi connectivity index (χ1n) is 8.35. The van der Waals surface area contributed by atoms with Crippen molar-refractivity contribution < 1.29 is 9.72 Å². The number of hydrogen-bond acceptors (Lipinski definition) is 5. The van der Waals surface area contributed by atoms with Crippen molar-refractivity contribution in [3.05, 3.63) is 27.1 Å². The molecule has 4 fully saturated rings. The van der Waals surface area contributed by atoms with E-state index in [4.69, 9.17) is 0 Å². The van der Waals surface area contributed by atoms with Gasteiger partial charge in [-0.2, -0.15) is 5.10 Å². The predicted octanol–water partition coefficient (Wildman–Crippen LogP) is 3.26.